The van der Waals surface area contributed by atoms with Gasteiger partial charge in [-0.05, 0) is 31.2 Å². The fraction of sp³-hybridized carbons (Fsp3) is 0.250. The zero-order valence-electron chi connectivity index (χ0n) is 11.0. The molecule has 0 saturated heterocycles. The van der Waals surface area contributed by atoms with Gasteiger partial charge in [0.25, 0.3) is 0 Å². The minimum atomic E-state index is -0.350. The van der Waals surface area contributed by atoms with Crippen LogP contribution in [0.3, 0.4) is 0 Å². The van der Waals surface area contributed by atoms with E-state index in [4.69, 9.17) is 10.5 Å². The predicted octanol–water partition coefficient (Wildman–Crippen LogP) is 3.60. The summed E-state index contributed by atoms with van der Waals surface area (Å²) in [6.07, 6.45) is 0.430. The number of halogens is 1. The summed E-state index contributed by atoms with van der Waals surface area (Å²) in [6, 6.07) is 14.4. The number of para-hydroxylation sites is 1. The van der Waals surface area contributed by atoms with Crippen molar-refractivity contribution in [3.8, 4) is 5.75 Å². The second kappa shape index (κ2) is 6.34. The van der Waals surface area contributed by atoms with Crippen LogP contribution in [0.4, 0.5) is 4.39 Å². The van der Waals surface area contributed by atoms with Crippen LogP contribution in [0.25, 0.3) is 0 Å². The van der Waals surface area contributed by atoms with Crippen LogP contribution >= 0.6 is 0 Å². The van der Waals surface area contributed by atoms with Crippen molar-refractivity contribution in [1.29, 1.82) is 0 Å². The average Bonchev–Trinajstić information content (AvgIpc) is 2.40. The summed E-state index contributed by atoms with van der Waals surface area (Å²) in [7, 11) is 0. The molecule has 2 nitrogen and oxygen atoms in total. The highest BCUT2D eigenvalue weighted by Gasteiger charge is 2.14. The average molecular weight is 259 g/mol. The molecule has 1 unspecified atom stereocenters. The first-order valence-electron chi connectivity index (χ1n) is 6.38. The number of nitrogens with two attached hydrogens (primary N) is 1. The molecule has 2 aromatic carbocycles. The number of rotatable bonds is 5. The summed E-state index contributed by atoms with van der Waals surface area (Å²) < 4.78 is 19.4. The van der Waals surface area contributed by atoms with Crippen LogP contribution in [-0.2, 0) is 0 Å². The quantitative estimate of drug-likeness (QED) is 0.890. The zero-order valence-corrected chi connectivity index (χ0v) is 11.0. The largest absolute Gasteiger partial charge is 0.483 e. The third-order valence-electron chi connectivity index (χ3n) is 2.95. The number of hydrogen-bond donors (Lipinski definition) is 1. The molecule has 0 spiro atoms. The van der Waals surface area contributed by atoms with Gasteiger partial charge < -0.3 is 10.5 Å². The lowest BCUT2D eigenvalue weighted by atomic mass is 10.0. The molecule has 2 N–H and O–H groups in total. The van der Waals surface area contributed by atoms with E-state index in [0.717, 1.165) is 11.1 Å². The standard InChI is InChI=1S/C16H18FNO/c1-12-5-4-6-13(11-12)15(9-10-18)19-16-8-3-2-7-14(16)17/h2-8,11,15H,9-10,18H2,1H3. The van der Waals surface area contributed by atoms with Crippen LogP contribution in [0.1, 0.15) is 23.7 Å². The van der Waals surface area contributed by atoms with E-state index >= 15 is 0 Å². The molecule has 0 bridgehead atoms. The van der Waals surface area contributed by atoms with Gasteiger partial charge in [0.15, 0.2) is 11.6 Å². The maximum Gasteiger partial charge on any atom is 0.165 e. The molecular formula is C16H18FNO. The summed E-state index contributed by atoms with van der Waals surface area (Å²) in [5.41, 5.74) is 7.79. The van der Waals surface area contributed by atoms with Gasteiger partial charge in [-0.2, -0.15) is 0 Å². The molecule has 0 radical (unpaired) electrons. The van der Waals surface area contributed by atoms with Crippen molar-refractivity contribution < 1.29 is 9.13 Å². The first-order chi connectivity index (χ1) is 9.20. The monoisotopic (exact) mass is 259 g/mol. The van der Waals surface area contributed by atoms with Gasteiger partial charge in [0.1, 0.15) is 6.10 Å². The highest BCUT2D eigenvalue weighted by Crippen LogP contribution is 2.26. The Kier molecular flexibility index (Phi) is 4.53. The summed E-state index contributed by atoms with van der Waals surface area (Å²) in [6.45, 7) is 2.51. The van der Waals surface area contributed by atoms with Crippen molar-refractivity contribution in [1.82, 2.24) is 0 Å². The first kappa shape index (κ1) is 13.6. The lowest BCUT2D eigenvalue weighted by Crippen LogP contribution is -2.14. The minimum Gasteiger partial charge on any atom is -0.483 e. The molecule has 0 aromatic heterocycles. The molecule has 2 rings (SSSR count). The van der Waals surface area contributed by atoms with E-state index in [1.54, 1.807) is 18.2 Å². The zero-order chi connectivity index (χ0) is 13.7. The molecule has 0 fully saturated rings. The molecule has 0 heterocycles. The molecule has 100 valence electrons. The van der Waals surface area contributed by atoms with Gasteiger partial charge in [0.2, 0.25) is 0 Å². The highest BCUT2D eigenvalue weighted by molar-refractivity contribution is 5.28. The fourth-order valence-corrected chi connectivity index (χ4v) is 2.01. The molecule has 1 atom stereocenters. The second-order valence-electron chi connectivity index (χ2n) is 4.53. The molecular weight excluding hydrogens is 241 g/mol. The van der Waals surface area contributed by atoms with Crippen LogP contribution in [-0.4, -0.2) is 6.54 Å². The van der Waals surface area contributed by atoms with Crippen molar-refractivity contribution in [2.45, 2.75) is 19.4 Å². The molecule has 2 aromatic rings. The van der Waals surface area contributed by atoms with E-state index in [-0.39, 0.29) is 17.7 Å². The van der Waals surface area contributed by atoms with E-state index in [1.165, 1.54) is 6.07 Å². The smallest absolute Gasteiger partial charge is 0.165 e. The Balaban J connectivity index is 2.24. The minimum absolute atomic E-state index is 0.221. The Morgan fingerprint density at radius 2 is 1.95 bits per heavy atom. The maximum atomic E-state index is 13.6. The predicted molar refractivity (Wildman–Crippen MR) is 74.6 cm³/mol. The van der Waals surface area contributed by atoms with Crippen molar-refractivity contribution in [2.75, 3.05) is 6.54 Å². The van der Waals surface area contributed by atoms with Gasteiger partial charge in [-0.15, -0.1) is 0 Å². The summed E-state index contributed by atoms with van der Waals surface area (Å²) in [5.74, 6) is -0.0837. The highest BCUT2D eigenvalue weighted by atomic mass is 19.1. The van der Waals surface area contributed by atoms with E-state index in [2.05, 4.69) is 0 Å². The normalized spacial score (nSPS) is 12.2. The van der Waals surface area contributed by atoms with Gasteiger partial charge in [-0.3, -0.25) is 0 Å². The number of aryl methyl sites for hydroxylation is 1. The van der Waals surface area contributed by atoms with Crippen LogP contribution in [0.2, 0.25) is 0 Å². The second-order valence-corrected chi connectivity index (χ2v) is 4.53. The van der Waals surface area contributed by atoms with Gasteiger partial charge in [0, 0.05) is 6.42 Å². The van der Waals surface area contributed by atoms with E-state index in [9.17, 15) is 4.39 Å². The summed E-state index contributed by atoms with van der Waals surface area (Å²) in [4.78, 5) is 0. The van der Waals surface area contributed by atoms with Crippen LogP contribution in [0.15, 0.2) is 48.5 Å². The lowest BCUT2D eigenvalue weighted by Gasteiger charge is -2.19. The Hall–Kier alpha value is -1.87. The number of benzene rings is 2. The van der Waals surface area contributed by atoms with Crippen molar-refractivity contribution in [3.63, 3.8) is 0 Å². The Morgan fingerprint density at radius 3 is 2.63 bits per heavy atom. The van der Waals surface area contributed by atoms with E-state index < -0.39 is 0 Å². The number of hydrogen-bond acceptors (Lipinski definition) is 2. The molecule has 0 aliphatic rings. The lowest BCUT2D eigenvalue weighted by molar-refractivity contribution is 0.189. The van der Waals surface area contributed by atoms with Crippen LogP contribution in [0.5, 0.6) is 5.75 Å². The summed E-state index contributed by atoms with van der Waals surface area (Å²) in [5, 5.41) is 0. The van der Waals surface area contributed by atoms with Gasteiger partial charge in [-0.25, -0.2) is 4.39 Å². The SMILES string of the molecule is Cc1cccc(C(CCN)Oc2ccccc2F)c1. The topological polar surface area (TPSA) is 35.2 Å². The van der Waals surface area contributed by atoms with Crippen molar-refractivity contribution >= 4 is 0 Å². The molecule has 19 heavy (non-hydrogen) atoms. The van der Waals surface area contributed by atoms with E-state index in [1.807, 2.05) is 31.2 Å². The third kappa shape index (κ3) is 3.55. The number of ether oxygens (including phenoxy) is 1. The Morgan fingerprint density at radius 1 is 1.16 bits per heavy atom. The molecule has 3 heteroatoms. The van der Waals surface area contributed by atoms with Gasteiger partial charge in [0.05, 0.1) is 0 Å². The summed E-state index contributed by atoms with van der Waals surface area (Å²) >= 11 is 0. The van der Waals surface area contributed by atoms with Crippen molar-refractivity contribution in [3.05, 3.63) is 65.5 Å². The van der Waals surface area contributed by atoms with Crippen molar-refractivity contribution in [2.24, 2.45) is 5.73 Å². The molecule has 0 aliphatic heterocycles. The molecule has 0 aliphatic carbocycles. The maximum absolute atomic E-state index is 13.6. The Labute approximate surface area is 113 Å². The molecule has 0 saturated carbocycles. The van der Waals surface area contributed by atoms with E-state index in [0.29, 0.717) is 13.0 Å². The van der Waals surface area contributed by atoms with Gasteiger partial charge >= 0.3 is 0 Å². The third-order valence-corrected chi connectivity index (χ3v) is 2.95. The molecule has 0 amide bonds. The van der Waals surface area contributed by atoms with Crippen LogP contribution < -0.4 is 10.5 Å². The van der Waals surface area contributed by atoms with Crippen LogP contribution in [0, 0.1) is 12.7 Å². The first-order valence-corrected chi connectivity index (χ1v) is 6.38. The fourth-order valence-electron chi connectivity index (χ4n) is 2.01. The van der Waals surface area contributed by atoms with Gasteiger partial charge in [-0.1, -0.05) is 42.0 Å². The Bertz CT molecular complexity index is 542.